The van der Waals surface area contributed by atoms with Crippen LogP contribution in [0.5, 0.6) is 11.5 Å². The minimum atomic E-state index is -0.862. The van der Waals surface area contributed by atoms with Crippen LogP contribution in [0.3, 0.4) is 0 Å². The van der Waals surface area contributed by atoms with E-state index in [1.807, 2.05) is 6.92 Å². The maximum absolute atomic E-state index is 10.5. The van der Waals surface area contributed by atoms with Gasteiger partial charge in [0, 0.05) is 13.0 Å². The van der Waals surface area contributed by atoms with Crippen molar-refractivity contribution in [1.82, 2.24) is 0 Å². The summed E-state index contributed by atoms with van der Waals surface area (Å²) in [5.74, 6) is -0.453. The van der Waals surface area contributed by atoms with E-state index in [4.69, 9.17) is 9.84 Å². The summed E-state index contributed by atoms with van der Waals surface area (Å²) in [6.45, 7) is 7.98. The second-order valence-electron chi connectivity index (χ2n) is 4.20. The quantitative estimate of drug-likeness (QED) is 0.593. The third kappa shape index (κ3) is 3.76. The molecule has 0 spiro atoms. The van der Waals surface area contributed by atoms with Gasteiger partial charge in [-0.3, -0.25) is 4.79 Å². The van der Waals surface area contributed by atoms with Gasteiger partial charge in [-0.15, -0.1) is 0 Å². The molecule has 0 saturated heterocycles. The van der Waals surface area contributed by atoms with Gasteiger partial charge in [-0.25, -0.2) is 0 Å². The van der Waals surface area contributed by atoms with Crippen molar-refractivity contribution in [2.24, 2.45) is 0 Å². The molecular weight excluding hydrogens is 234 g/mol. The summed E-state index contributed by atoms with van der Waals surface area (Å²) >= 11 is 0. The molecule has 0 fully saturated rings. The van der Waals surface area contributed by atoms with Crippen LogP contribution >= 0.6 is 0 Å². The first-order valence-electron chi connectivity index (χ1n) is 5.62. The number of hydrogen-bond acceptors (Lipinski definition) is 3. The minimum absolute atomic E-state index is 0.0240. The standard InChI is InChI=1S/C13H17NO4/c1-9(2)8-18-13-10(3)14(6-4-11(13)15)7-5-12(16)17/h4,6H,1,5,7-8H2,2-3H3,(H,16,17)/p+1. The molecule has 0 atom stereocenters. The molecule has 98 valence electrons. The number of carboxylic acids is 1. The molecule has 18 heavy (non-hydrogen) atoms. The molecule has 0 amide bonds. The number of aryl methyl sites for hydroxylation is 1. The molecule has 2 N–H and O–H groups in total. The van der Waals surface area contributed by atoms with Crippen molar-refractivity contribution in [1.29, 1.82) is 0 Å². The average Bonchev–Trinajstić information content (AvgIpc) is 2.27. The molecule has 1 aromatic rings. The molecule has 0 unspecified atom stereocenters. The van der Waals surface area contributed by atoms with Crippen molar-refractivity contribution in [2.45, 2.75) is 26.8 Å². The molecular formula is C13H18NO4+. The maximum Gasteiger partial charge on any atom is 0.309 e. The normalized spacial score (nSPS) is 10.1. The highest BCUT2D eigenvalue weighted by molar-refractivity contribution is 5.66. The fourth-order valence-corrected chi connectivity index (χ4v) is 1.50. The number of rotatable bonds is 6. The summed E-state index contributed by atoms with van der Waals surface area (Å²) in [4.78, 5) is 10.5. The van der Waals surface area contributed by atoms with Crippen molar-refractivity contribution < 1.29 is 24.3 Å². The summed E-state index contributed by atoms with van der Waals surface area (Å²) in [6.07, 6.45) is 1.66. The van der Waals surface area contributed by atoms with Gasteiger partial charge in [-0.2, -0.15) is 4.57 Å². The molecule has 5 heteroatoms. The van der Waals surface area contributed by atoms with Crippen LogP contribution in [0.2, 0.25) is 0 Å². The highest BCUT2D eigenvalue weighted by Gasteiger charge is 2.18. The molecule has 1 heterocycles. The van der Waals surface area contributed by atoms with Gasteiger partial charge in [0.25, 0.3) is 0 Å². The lowest BCUT2D eigenvalue weighted by Crippen LogP contribution is -2.38. The number of hydrogen-bond donors (Lipinski definition) is 2. The first-order chi connectivity index (χ1) is 8.41. The van der Waals surface area contributed by atoms with Crippen LogP contribution in [0.1, 0.15) is 19.0 Å². The first kappa shape index (κ1) is 14.0. The van der Waals surface area contributed by atoms with Gasteiger partial charge >= 0.3 is 5.97 Å². The van der Waals surface area contributed by atoms with Crippen LogP contribution in [0.25, 0.3) is 0 Å². The molecule has 0 aliphatic carbocycles. The molecule has 0 saturated carbocycles. The van der Waals surface area contributed by atoms with Crippen LogP contribution in [-0.4, -0.2) is 22.8 Å². The zero-order valence-corrected chi connectivity index (χ0v) is 10.6. The van der Waals surface area contributed by atoms with Crippen LogP contribution in [0.15, 0.2) is 24.4 Å². The highest BCUT2D eigenvalue weighted by Crippen LogP contribution is 2.27. The largest absolute Gasteiger partial charge is 0.504 e. The molecule has 0 aromatic carbocycles. The van der Waals surface area contributed by atoms with E-state index in [2.05, 4.69) is 6.58 Å². The number of aromatic nitrogens is 1. The second kappa shape index (κ2) is 6.05. The van der Waals surface area contributed by atoms with E-state index in [1.54, 1.807) is 17.7 Å². The number of nitrogens with zero attached hydrogens (tertiary/aromatic N) is 1. The first-order valence-corrected chi connectivity index (χ1v) is 5.62. The van der Waals surface area contributed by atoms with Gasteiger partial charge in [0.1, 0.15) is 13.0 Å². The summed E-state index contributed by atoms with van der Waals surface area (Å²) in [5, 5.41) is 18.4. The minimum Gasteiger partial charge on any atom is -0.504 e. The Morgan fingerprint density at radius 1 is 1.56 bits per heavy atom. The van der Waals surface area contributed by atoms with Gasteiger partial charge in [0.2, 0.25) is 11.4 Å². The van der Waals surface area contributed by atoms with Crippen molar-refractivity contribution in [3.05, 3.63) is 30.1 Å². The maximum atomic E-state index is 10.5. The van der Waals surface area contributed by atoms with Gasteiger partial charge in [-0.05, 0) is 12.5 Å². The lowest BCUT2D eigenvalue weighted by Gasteiger charge is -2.09. The zero-order chi connectivity index (χ0) is 13.7. The van der Waals surface area contributed by atoms with Crippen LogP contribution < -0.4 is 9.30 Å². The summed E-state index contributed by atoms with van der Waals surface area (Å²) in [7, 11) is 0. The highest BCUT2D eigenvalue weighted by atomic mass is 16.5. The molecule has 0 bridgehead atoms. The van der Waals surface area contributed by atoms with E-state index >= 15 is 0 Å². The Bertz CT molecular complexity index is 468. The summed E-state index contributed by atoms with van der Waals surface area (Å²) < 4.78 is 7.20. The average molecular weight is 252 g/mol. The van der Waals surface area contributed by atoms with Crippen LogP contribution in [-0.2, 0) is 11.3 Å². The molecule has 1 rings (SSSR count). The third-order valence-corrected chi connectivity index (χ3v) is 2.43. The number of aromatic hydroxyl groups is 1. The lowest BCUT2D eigenvalue weighted by atomic mass is 10.3. The Labute approximate surface area is 106 Å². The number of pyridine rings is 1. The number of carboxylic acid groups (broad SMARTS) is 1. The summed E-state index contributed by atoms with van der Waals surface area (Å²) in [5.41, 5.74) is 1.53. The fourth-order valence-electron chi connectivity index (χ4n) is 1.50. The molecule has 0 aliphatic heterocycles. The lowest BCUT2D eigenvalue weighted by molar-refractivity contribution is -0.702. The molecule has 0 aliphatic rings. The van der Waals surface area contributed by atoms with Gasteiger partial charge in [-0.1, -0.05) is 6.58 Å². The van der Waals surface area contributed by atoms with Crippen LogP contribution in [0, 0.1) is 6.92 Å². The third-order valence-electron chi connectivity index (χ3n) is 2.43. The molecule has 1 aromatic heterocycles. The summed E-state index contributed by atoms with van der Waals surface area (Å²) in [6, 6.07) is 1.49. The Morgan fingerprint density at radius 2 is 2.22 bits per heavy atom. The Morgan fingerprint density at radius 3 is 2.78 bits per heavy atom. The van der Waals surface area contributed by atoms with E-state index < -0.39 is 5.97 Å². The SMILES string of the molecule is C=C(C)COc1c(O)cc[n+](CCC(=O)O)c1C. The van der Waals surface area contributed by atoms with Gasteiger partial charge in [0.15, 0.2) is 18.5 Å². The van der Waals surface area contributed by atoms with Crippen molar-refractivity contribution in [3.8, 4) is 11.5 Å². The van der Waals surface area contributed by atoms with Crippen LogP contribution in [0.4, 0.5) is 0 Å². The van der Waals surface area contributed by atoms with Crippen molar-refractivity contribution in [3.63, 3.8) is 0 Å². The van der Waals surface area contributed by atoms with E-state index in [0.29, 0.717) is 24.6 Å². The Kier molecular flexibility index (Phi) is 4.71. The monoisotopic (exact) mass is 252 g/mol. The van der Waals surface area contributed by atoms with Gasteiger partial charge in [0.05, 0.1) is 0 Å². The van der Waals surface area contributed by atoms with E-state index in [-0.39, 0.29) is 12.2 Å². The Balaban J connectivity index is 2.91. The molecule has 5 nitrogen and oxygen atoms in total. The predicted molar refractivity (Wildman–Crippen MR) is 65.6 cm³/mol. The topological polar surface area (TPSA) is 70.6 Å². The second-order valence-corrected chi connectivity index (χ2v) is 4.20. The number of carbonyl (C=O) groups is 1. The Hall–Kier alpha value is -2.04. The smallest absolute Gasteiger partial charge is 0.309 e. The van der Waals surface area contributed by atoms with Crippen molar-refractivity contribution in [2.75, 3.05) is 6.61 Å². The van der Waals surface area contributed by atoms with Gasteiger partial charge < -0.3 is 14.9 Å². The van der Waals surface area contributed by atoms with E-state index in [9.17, 15) is 9.90 Å². The van der Waals surface area contributed by atoms with Crippen molar-refractivity contribution >= 4 is 5.97 Å². The van der Waals surface area contributed by atoms with E-state index in [1.165, 1.54) is 6.07 Å². The number of aliphatic carboxylic acids is 1. The predicted octanol–water partition coefficient (Wildman–Crippen LogP) is 1.42. The molecule has 0 radical (unpaired) electrons. The van der Waals surface area contributed by atoms with E-state index in [0.717, 1.165) is 5.57 Å². The number of ether oxygens (including phenoxy) is 1. The fraction of sp³-hybridized carbons (Fsp3) is 0.385. The zero-order valence-electron chi connectivity index (χ0n) is 10.6.